The maximum Gasteiger partial charge on any atom is 0.323 e. The first-order chi connectivity index (χ1) is 11.6. The van der Waals surface area contributed by atoms with Crippen molar-refractivity contribution in [1.29, 1.82) is 0 Å². The topological polar surface area (TPSA) is 61.4 Å². The molecular weight excluding hydrogens is 309 g/mol. The molecule has 0 fully saturated rings. The molecular formula is C18H18FN3O2. The van der Waals surface area contributed by atoms with Crippen LogP contribution in [0.4, 0.5) is 26.2 Å². The largest absolute Gasteiger partial charge is 0.323 e. The van der Waals surface area contributed by atoms with Gasteiger partial charge in [-0.1, -0.05) is 0 Å². The highest BCUT2D eigenvalue weighted by molar-refractivity contribution is 6.01. The van der Waals surface area contributed by atoms with E-state index in [2.05, 4.69) is 10.6 Å². The molecule has 5 nitrogen and oxygen atoms in total. The molecule has 0 aliphatic carbocycles. The molecule has 0 saturated heterocycles. The normalized spacial score (nSPS) is 13.4. The lowest BCUT2D eigenvalue weighted by molar-refractivity contribution is -0.118. The van der Waals surface area contributed by atoms with Crippen molar-refractivity contribution in [3.63, 3.8) is 0 Å². The Kier molecular flexibility index (Phi) is 4.46. The predicted molar refractivity (Wildman–Crippen MR) is 91.8 cm³/mol. The minimum Gasteiger partial charge on any atom is -0.312 e. The molecule has 0 saturated carbocycles. The monoisotopic (exact) mass is 327 g/mol. The van der Waals surface area contributed by atoms with E-state index >= 15 is 0 Å². The number of halogens is 1. The highest BCUT2D eigenvalue weighted by Crippen LogP contribution is 2.30. The molecule has 0 atom stereocenters. The number of urea groups is 1. The van der Waals surface area contributed by atoms with Gasteiger partial charge in [0.15, 0.2) is 0 Å². The highest BCUT2D eigenvalue weighted by atomic mass is 19.1. The molecule has 2 aromatic rings. The van der Waals surface area contributed by atoms with Crippen LogP contribution in [0.25, 0.3) is 0 Å². The Morgan fingerprint density at radius 3 is 2.46 bits per heavy atom. The third-order valence-electron chi connectivity index (χ3n) is 3.96. The molecule has 0 radical (unpaired) electrons. The summed E-state index contributed by atoms with van der Waals surface area (Å²) in [7, 11) is 0. The zero-order valence-electron chi connectivity index (χ0n) is 13.3. The molecule has 6 heteroatoms. The molecule has 2 aromatic carbocycles. The maximum absolute atomic E-state index is 12.9. The van der Waals surface area contributed by atoms with E-state index in [4.69, 9.17) is 0 Å². The lowest BCUT2D eigenvalue weighted by atomic mass is 10.0. The average molecular weight is 327 g/mol. The Balaban J connectivity index is 1.71. The summed E-state index contributed by atoms with van der Waals surface area (Å²) >= 11 is 0. The van der Waals surface area contributed by atoms with Gasteiger partial charge in [0, 0.05) is 30.0 Å². The number of carbonyl (C=O) groups is 2. The summed E-state index contributed by atoms with van der Waals surface area (Å²) < 4.78 is 12.9. The van der Waals surface area contributed by atoms with Crippen molar-refractivity contribution in [2.45, 2.75) is 19.8 Å². The van der Waals surface area contributed by atoms with Gasteiger partial charge >= 0.3 is 6.03 Å². The van der Waals surface area contributed by atoms with Crippen LogP contribution in [0.1, 0.15) is 18.9 Å². The molecule has 0 bridgehead atoms. The van der Waals surface area contributed by atoms with Gasteiger partial charge in [0.05, 0.1) is 0 Å². The summed E-state index contributed by atoms with van der Waals surface area (Å²) in [4.78, 5) is 25.7. The van der Waals surface area contributed by atoms with E-state index < -0.39 is 6.03 Å². The fraction of sp³-hybridized carbons (Fsp3) is 0.222. The standard InChI is InChI=1S/C18H18FN3O2/c1-2-22-16-9-8-15(11-12(16)3-10-17(22)23)21-18(24)20-14-6-4-13(19)5-7-14/h4-9,11H,2-3,10H2,1H3,(H2,20,21,24). The number of rotatable bonds is 3. The average Bonchev–Trinajstić information content (AvgIpc) is 2.57. The fourth-order valence-electron chi connectivity index (χ4n) is 2.81. The summed E-state index contributed by atoms with van der Waals surface area (Å²) in [5.41, 5.74) is 3.10. The third-order valence-corrected chi connectivity index (χ3v) is 3.96. The Labute approximate surface area is 139 Å². The summed E-state index contributed by atoms with van der Waals surface area (Å²) in [6.45, 7) is 2.57. The number of hydrogen-bond acceptors (Lipinski definition) is 2. The number of amides is 3. The Morgan fingerprint density at radius 1 is 1.08 bits per heavy atom. The van der Waals surface area contributed by atoms with Crippen molar-refractivity contribution < 1.29 is 14.0 Å². The van der Waals surface area contributed by atoms with Crippen molar-refractivity contribution in [2.75, 3.05) is 22.1 Å². The van der Waals surface area contributed by atoms with Crippen LogP contribution in [0.5, 0.6) is 0 Å². The summed E-state index contributed by atoms with van der Waals surface area (Å²) in [5, 5.41) is 5.40. The Bertz CT molecular complexity index is 774. The van der Waals surface area contributed by atoms with Crippen molar-refractivity contribution in [3.05, 3.63) is 53.8 Å². The second-order valence-electron chi connectivity index (χ2n) is 5.57. The van der Waals surface area contributed by atoms with E-state index in [9.17, 15) is 14.0 Å². The molecule has 124 valence electrons. The molecule has 1 aliphatic heterocycles. The molecule has 3 amide bonds. The zero-order valence-corrected chi connectivity index (χ0v) is 13.3. The first kappa shape index (κ1) is 16.0. The van der Waals surface area contributed by atoms with Crippen LogP contribution >= 0.6 is 0 Å². The number of benzene rings is 2. The van der Waals surface area contributed by atoms with Crippen LogP contribution in [0, 0.1) is 5.82 Å². The van der Waals surface area contributed by atoms with Crippen molar-refractivity contribution in [1.82, 2.24) is 0 Å². The highest BCUT2D eigenvalue weighted by Gasteiger charge is 2.22. The van der Waals surface area contributed by atoms with Crippen LogP contribution in [0.2, 0.25) is 0 Å². The van der Waals surface area contributed by atoms with Gasteiger partial charge in [0.1, 0.15) is 5.82 Å². The minimum atomic E-state index is -0.402. The molecule has 1 heterocycles. The number of anilines is 3. The van der Waals surface area contributed by atoms with E-state index in [1.165, 1.54) is 24.3 Å². The first-order valence-corrected chi connectivity index (χ1v) is 7.83. The van der Waals surface area contributed by atoms with Gasteiger partial charge in [-0.25, -0.2) is 9.18 Å². The van der Waals surface area contributed by atoms with Gasteiger partial charge in [0.25, 0.3) is 0 Å². The van der Waals surface area contributed by atoms with Crippen LogP contribution in [0.15, 0.2) is 42.5 Å². The molecule has 0 spiro atoms. The molecule has 0 aromatic heterocycles. The van der Waals surface area contributed by atoms with Crippen LogP contribution in [-0.4, -0.2) is 18.5 Å². The van der Waals surface area contributed by atoms with Gasteiger partial charge in [-0.15, -0.1) is 0 Å². The Hall–Kier alpha value is -2.89. The van der Waals surface area contributed by atoms with E-state index in [1.807, 2.05) is 19.1 Å². The smallest absolute Gasteiger partial charge is 0.312 e. The second-order valence-corrected chi connectivity index (χ2v) is 5.57. The van der Waals surface area contributed by atoms with E-state index in [1.54, 1.807) is 11.0 Å². The first-order valence-electron chi connectivity index (χ1n) is 7.83. The predicted octanol–water partition coefficient (Wildman–Crippen LogP) is 3.77. The Morgan fingerprint density at radius 2 is 1.75 bits per heavy atom. The number of hydrogen-bond donors (Lipinski definition) is 2. The number of nitrogens with zero attached hydrogens (tertiary/aromatic N) is 1. The SMILES string of the molecule is CCN1C(=O)CCc2cc(NC(=O)Nc3ccc(F)cc3)ccc21. The van der Waals surface area contributed by atoms with Crippen molar-refractivity contribution in [2.24, 2.45) is 0 Å². The number of aryl methyl sites for hydroxylation is 1. The van der Waals surface area contributed by atoms with Gasteiger partial charge in [-0.3, -0.25) is 4.79 Å². The van der Waals surface area contributed by atoms with Crippen molar-refractivity contribution in [3.8, 4) is 0 Å². The van der Waals surface area contributed by atoms with E-state index in [0.29, 0.717) is 30.8 Å². The zero-order chi connectivity index (χ0) is 17.1. The summed E-state index contributed by atoms with van der Waals surface area (Å²) in [6, 6.07) is 10.7. The fourth-order valence-corrected chi connectivity index (χ4v) is 2.81. The van der Waals surface area contributed by atoms with Crippen LogP contribution in [-0.2, 0) is 11.2 Å². The minimum absolute atomic E-state index is 0.125. The molecule has 2 N–H and O–H groups in total. The number of nitrogens with one attached hydrogen (secondary N) is 2. The van der Waals surface area contributed by atoms with Gasteiger partial charge < -0.3 is 15.5 Å². The van der Waals surface area contributed by atoms with Crippen LogP contribution in [0.3, 0.4) is 0 Å². The van der Waals surface area contributed by atoms with Gasteiger partial charge in [-0.05, 0) is 61.4 Å². The lowest BCUT2D eigenvalue weighted by Gasteiger charge is -2.28. The lowest BCUT2D eigenvalue weighted by Crippen LogP contribution is -2.34. The number of fused-ring (bicyclic) bond motifs is 1. The summed E-state index contributed by atoms with van der Waals surface area (Å²) in [5.74, 6) is -0.231. The van der Waals surface area contributed by atoms with E-state index in [0.717, 1.165) is 11.3 Å². The second kappa shape index (κ2) is 6.70. The number of carbonyl (C=O) groups excluding carboxylic acids is 2. The van der Waals surface area contributed by atoms with Crippen LogP contribution < -0.4 is 15.5 Å². The maximum atomic E-state index is 12.9. The van der Waals surface area contributed by atoms with Gasteiger partial charge in [-0.2, -0.15) is 0 Å². The molecule has 0 unspecified atom stereocenters. The van der Waals surface area contributed by atoms with E-state index in [-0.39, 0.29) is 11.7 Å². The van der Waals surface area contributed by atoms with Crippen molar-refractivity contribution >= 4 is 29.0 Å². The quantitative estimate of drug-likeness (QED) is 0.901. The molecule has 24 heavy (non-hydrogen) atoms. The third kappa shape index (κ3) is 3.37. The molecule has 1 aliphatic rings. The summed E-state index contributed by atoms with van der Waals surface area (Å²) in [6.07, 6.45) is 1.14. The van der Waals surface area contributed by atoms with Gasteiger partial charge in [0.2, 0.25) is 5.91 Å². The molecule has 3 rings (SSSR count).